The van der Waals surface area contributed by atoms with Crippen LogP contribution in [0.25, 0.3) is 0 Å². The molecular weight excluding hydrogens is 202 g/mol. The SMILES string of the molecule is CCOC(=O)C(CC)N1CC(C)CC(C)C1. The van der Waals surface area contributed by atoms with Gasteiger partial charge >= 0.3 is 5.97 Å². The Labute approximate surface area is 99.1 Å². The molecule has 3 unspecified atom stereocenters. The number of rotatable bonds is 4. The third-order valence-electron chi connectivity index (χ3n) is 3.28. The summed E-state index contributed by atoms with van der Waals surface area (Å²) in [7, 11) is 0. The van der Waals surface area contributed by atoms with E-state index in [2.05, 4.69) is 25.7 Å². The van der Waals surface area contributed by atoms with Crippen LogP contribution in [0.15, 0.2) is 0 Å². The van der Waals surface area contributed by atoms with Crippen molar-refractivity contribution in [1.29, 1.82) is 0 Å². The fourth-order valence-electron chi connectivity index (χ4n) is 2.78. The van der Waals surface area contributed by atoms with E-state index in [1.807, 2.05) is 6.92 Å². The summed E-state index contributed by atoms with van der Waals surface area (Å²) in [5, 5.41) is 0. The van der Waals surface area contributed by atoms with Crippen LogP contribution in [0.2, 0.25) is 0 Å². The van der Waals surface area contributed by atoms with Gasteiger partial charge in [0.25, 0.3) is 0 Å². The van der Waals surface area contributed by atoms with Crippen molar-refractivity contribution in [2.75, 3.05) is 19.7 Å². The lowest BCUT2D eigenvalue weighted by Crippen LogP contribution is -2.48. The molecule has 1 aliphatic rings. The summed E-state index contributed by atoms with van der Waals surface area (Å²) in [4.78, 5) is 14.1. The van der Waals surface area contributed by atoms with E-state index in [1.54, 1.807) is 0 Å². The van der Waals surface area contributed by atoms with Crippen LogP contribution in [0.5, 0.6) is 0 Å². The van der Waals surface area contributed by atoms with Crippen LogP contribution >= 0.6 is 0 Å². The predicted molar refractivity (Wildman–Crippen MR) is 65.2 cm³/mol. The molecule has 0 saturated carbocycles. The van der Waals surface area contributed by atoms with Gasteiger partial charge in [-0.2, -0.15) is 0 Å². The highest BCUT2D eigenvalue weighted by atomic mass is 16.5. The van der Waals surface area contributed by atoms with Crippen molar-refractivity contribution in [3.8, 4) is 0 Å². The number of carbonyl (C=O) groups excluding carboxylic acids is 1. The molecule has 1 fully saturated rings. The number of carbonyl (C=O) groups is 1. The van der Waals surface area contributed by atoms with Crippen LogP contribution in [-0.4, -0.2) is 36.6 Å². The minimum atomic E-state index is -0.0497. The average molecular weight is 227 g/mol. The number of nitrogens with zero attached hydrogens (tertiary/aromatic N) is 1. The summed E-state index contributed by atoms with van der Waals surface area (Å²) in [5.74, 6) is 1.32. The lowest BCUT2D eigenvalue weighted by molar-refractivity contribution is -0.150. The standard InChI is InChI=1S/C13H25NO2/c1-5-12(13(15)16-6-2)14-8-10(3)7-11(4)9-14/h10-12H,5-9H2,1-4H3. The zero-order valence-electron chi connectivity index (χ0n) is 11.0. The van der Waals surface area contributed by atoms with E-state index in [1.165, 1.54) is 6.42 Å². The molecule has 94 valence electrons. The number of piperidine rings is 1. The average Bonchev–Trinajstić information content (AvgIpc) is 2.17. The van der Waals surface area contributed by atoms with Crippen molar-refractivity contribution < 1.29 is 9.53 Å². The van der Waals surface area contributed by atoms with Gasteiger partial charge in [-0.15, -0.1) is 0 Å². The van der Waals surface area contributed by atoms with E-state index >= 15 is 0 Å². The lowest BCUT2D eigenvalue weighted by Gasteiger charge is -2.38. The first kappa shape index (κ1) is 13.5. The summed E-state index contributed by atoms with van der Waals surface area (Å²) in [6.07, 6.45) is 2.12. The van der Waals surface area contributed by atoms with Crippen molar-refractivity contribution >= 4 is 5.97 Å². The Kier molecular flexibility index (Phi) is 5.26. The summed E-state index contributed by atoms with van der Waals surface area (Å²) in [6, 6.07) is -0.0369. The van der Waals surface area contributed by atoms with E-state index in [4.69, 9.17) is 4.74 Å². The van der Waals surface area contributed by atoms with Crippen LogP contribution in [0.3, 0.4) is 0 Å². The van der Waals surface area contributed by atoms with E-state index < -0.39 is 0 Å². The van der Waals surface area contributed by atoms with Crippen LogP contribution in [0, 0.1) is 11.8 Å². The maximum Gasteiger partial charge on any atom is 0.323 e. The molecule has 3 heteroatoms. The highest BCUT2D eigenvalue weighted by molar-refractivity contribution is 5.75. The molecule has 0 N–H and O–H groups in total. The van der Waals surface area contributed by atoms with Crippen LogP contribution < -0.4 is 0 Å². The second kappa shape index (κ2) is 6.24. The van der Waals surface area contributed by atoms with E-state index in [-0.39, 0.29) is 12.0 Å². The first-order valence-electron chi connectivity index (χ1n) is 6.49. The van der Waals surface area contributed by atoms with E-state index in [0.29, 0.717) is 18.4 Å². The Hall–Kier alpha value is -0.570. The van der Waals surface area contributed by atoms with Gasteiger partial charge in [0.15, 0.2) is 0 Å². The molecule has 0 aromatic heterocycles. The van der Waals surface area contributed by atoms with E-state index in [9.17, 15) is 4.79 Å². The minimum Gasteiger partial charge on any atom is -0.465 e. The number of esters is 1. The topological polar surface area (TPSA) is 29.5 Å². The Morgan fingerprint density at radius 1 is 1.31 bits per heavy atom. The maximum absolute atomic E-state index is 11.8. The monoisotopic (exact) mass is 227 g/mol. The second-order valence-corrected chi connectivity index (χ2v) is 5.08. The van der Waals surface area contributed by atoms with Gasteiger partial charge in [0.05, 0.1) is 6.61 Å². The lowest BCUT2D eigenvalue weighted by atomic mass is 9.90. The number of likely N-dealkylation sites (tertiary alicyclic amines) is 1. The fraction of sp³-hybridized carbons (Fsp3) is 0.923. The molecule has 3 nitrogen and oxygen atoms in total. The molecule has 0 radical (unpaired) electrons. The molecule has 1 saturated heterocycles. The Morgan fingerprint density at radius 2 is 1.88 bits per heavy atom. The van der Waals surface area contributed by atoms with Crippen molar-refractivity contribution in [2.45, 2.75) is 46.6 Å². The van der Waals surface area contributed by atoms with Crippen molar-refractivity contribution in [3.63, 3.8) is 0 Å². The van der Waals surface area contributed by atoms with Crippen LogP contribution in [-0.2, 0) is 9.53 Å². The Morgan fingerprint density at radius 3 is 2.31 bits per heavy atom. The molecule has 1 rings (SSSR count). The number of hydrogen-bond acceptors (Lipinski definition) is 3. The summed E-state index contributed by atoms with van der Waals surface area (Å²) in [6.45, 7) is 11.0. The van der Waals surface area contributed by atoms with Crippen molar-refractivity contribution in [3.05, 3.63) is 0 Å². The smallest absolute Gasteiger partial charge is 0.323 e. The normalized spacial score (nSPS) is 28.8. The minimum absolute atomic E-state index is 0.0369. The number of ether oxygens (including phenoxy) is 1. The molecule has 0 aliphatic carbocycles. The van der Waals surface area contributed by atoms with Gasteiger partial charge in [-0.1, -0.05) is 20.8 Å². The zero-order chi connectivity index (χ0) is 12.1. The van der Waals surface area contributed by atoms with Gasteiger partial charge in [-0.25, -0.2) is 0 Å². The third-order valence-corrected chi connectivity index (χ3v) is 3.28. The Balaban J connectivity index is 2.60. The molecule has 1 heterocycles. The molecule has 3 atom stereocenters. The third kappa shape index (κ3) is 3.48. The number of hydrogen-bond donors (Lipinski definition) is 0. The Bertz CT molecular complexity index is 220. The molecule has 1 aliphatic heterocycles. The summed E-state index contributed by atoms with van der Waals surface area (Å²) < 4.78 is 5.14. The molecule has 0 spiro atoms. The largest absolute Gasteiger partial charge is 0.465 e. The van der Waals surface area contributed by atoms with E-state index in [0.717, 1.165) is 19.5 Å². The van der Waals surface area contributed by atoms with Gasteiger partial charge in [0.2, 0.25) is 0 Å². The molecular formula is C13H25NO2. The summed E-state index contributed by atoms with van der Waals surface area (Å²) in [5.41, 5.74) is 0. The molecule has 0 aromatic rings. The van der Waals surface area contributed by atoms with Gasteiger partial charge in [-0.05, 0) is 31.6 Å². The first-order chi connectivity index (χ1) is 7.58. The quantitative estimate of drug-likeness (QED) is 0.690. The fourth-order valence-corrected chi connectivity index (χ4v) is 2.78. The maximum atomic E-state index is 11.8. The molecule has 0 aromatic carbocycles. The first-order valence-corrected chi connectivity index (χ1v) is 6.49. The van der Waals surface area contributed by atoms with Gasteiger partial charge in [0, 0.05) is 13.1 Å². The van der Waals surface area contributed by atoms with Crippen molar-refractivity contribution in [1.82, 2.24) is 4.90 Å². The zero-order valence-corrected chi connectivity index (χ0v) is 11.0. The molecule has 16 heavy (non-hydrogen) atoms. The molecule has 0 bridgehead atoms. The second-order valence-electron chi connectivity index (χ2n) is 5.08. The van der Waals surface area contributed by atoms with Gasteiger partial charge < -0.3 is 4.74 Å². The predicted octanol–water partition coefficient (Wildman–Crippen LogP) is 2.31. The molecule has 0 amide bonds. The van der Waals surface area contributed by atoms with Gasteiger partial charge in [0.1, 0.15) is 6.04 Å². The summed E-state index contributed by atoms with van der Waals surface area (Å²) >= 11 is 0. The highest BCUT2D eigenvalue weighted by Gasteiger charge is 2.31. The van der Waals surface area contributed by atoms with Crippen LogP contribution in [0.1, 0.15) is 40.5 Å². The highest BCUT2D eigenvalue weighted by Crippen LogP contribution is 2.23. The van der Waals surface area contributed by atoms with Crippen LogP contribution in [0.4, 0.5) is 0 Å². The van der Waals surface area contributed by atoms with Gasteiger partial charge in [-0.3, -0.25) is 9.69 Å². The van der Waals surface area contributed by atoms with Crippen molar-refractivity contribution in [2.24, 2.45) is 11.8 Å².